The molecular formula is C22H23N5O2. The average Bonchev–Trinajstić information content (AvgIpc) is 3.13. The lowest BCUT2D eigenvalue weighted by atomic mass is 10.0. The highest BCUT2D eigenvalue weighted by atomic mass is 16.5. The predicted molar refractivity (Wildman–Crippen MR) is 112 cm³/mol. The van der Waals surface area contributed by atoms with Crippen molar-refractivity contribution in [3.63, 3.8) is 0 Å². The topological polar surface area (TPSA) is 81.1 Å². The first-order valence-electron chi connectivity index (χ1n) is 9.49. The number of amides is 1. The van der Waals surface area contributed by atoms with Crippen LogP contribution in [0, 0.1) is 0 Å². The van der Waals surface area contributed by atoms with Crippen molar-refractivity contribution in [3.05, 3.63) is 72.3 Å². The molecule has 1 aromatic carbocycles. The number of anilines is 1. The number of rotatable bonds is 7. The third-order valence-corrected chi connectivity index (χ3v) is 4.74. The van der Waals surface area contributed by atoms with Gasteiger partial charge in [0.15, 0.2) is 0 Å². The van der Waals surface area contributed by atoms with Crippen LogP contribution in [0.5, 0.6) is 0 Å². The number of aromatic nitrogens is 3. The SMILES string of the molecule is Cn1cc(-c2ccncc2C=CC(=O)Nc2ccc(CNC3COC3)cc2)cn1. The molecule has 7 nitrogen and oxygen atoms in total. The molecule has 2 aromatic heterocycles. The lowest BCUT2D eigenvalue weighted by molar-refractivity contribution is -0.111. The Hall–Kier alpha value is -3.29. The molecule has 0 saturated carbocycles. The Morgan fingerprint density at radius 3 is 2.76 bits per heavy atom. The van der Waals surface area contributed by atoms with Gasteiger partial charge in [-0.3, -0.25) is 14.5 Å². The number of benzene rings is 1. The van der Waals surface area contributed by atoms with Crippen molar-refractivity contribution < 1.29 is 9.53 Å². The highest BCUT2D eigenvalue weighted by Crippen LogP contribution is 2.23. The molecule has 0 aliphatic carbocycles. The fourth-order valence-corrected chi connectivity index (χ4v) is 3.03. The van der Waals surface area contributed by atoms with E-state index < -0.39 is 0 Å². The summed E-state index contributed by atoms with van der Waals surface area (Å²) in [7, 11) is 1.87. The highest BCUT2D eigenvalue weighted by Gasteiger charge is 2.16. The Labute approximate surface area is 169 Å². The van der Waals surface area contributed by atoms with Gasteiger partial charge in [-0.1, -0.05) is 12.1 Å². The van der Waals surface area contributed by atoms with Crippen LogP contribution < -0.4 is 10.6 Å². The minimum absolute atomic E-state index is 0.191. The maximum absolute atomic E-state index is 12.3. The lowest BCUT2D eigenvalue weighted by Gasteiger charge is -2.27. The number of carbonyl (C=O) groups is 1. The van der Waals surface area contributed by atoms with Crippen molar-refractivity contribution in [1.29, 1.82) is 0 Å². The zero-order valence-electron chi connectivity index (χ0n) is 16.2. The van der Waals surface area contributed by atoms with Crippen LogP contribution in [0.25, 0.3) is 17.2 Å². The third-order valence-electron chi connectivity index (χ3n) is 4.74. The second-order valence-corrected chi connectivity index (χ2v) is 7.00. The number of hydrogen-bond donors (Lipinski definition) is 2. The van der Waals surface area contributed by atoms with E-state index in [0.29, 0.717) is 6.04 Å². The zero-order chi connectivity index (χ0) is 20.1. The highest BCUT2D eigenvalue weighted by molar-refractivity contribution is 6.02. The summed E-state index contributed by atoms with van der Waals surface area (Å²) >= 11 is 0. The molecule has 1 saturated heterocycles. The molecule has 4 rings (SSSR count). The van der Waals surface area contributed by atoms with E-state index in [-0.39, 0.29) is 5.91 Å². The summed E-state index contributed by atoms with van der Waals surface area (Å²) in [6, 6.07) is 10.2. The van der Waals surface area contributed by atoms with Gasteiger partial charge in [0.05, 0.1) is 25.5 Å². The van der Waals surface area contributed by atoms with Crippen molar-refractivity contribution in [2.75, 3.05) is 18.5 Å². The predicted octanol–water partition coefficient (Wildman–Crippen LogP) is 2.62. The fraction of sp³-hybridized carbons (Fsp3) is 0.227. The van der Waals surface area contributed by atoms with Crippen molar-refractivity contribution in [3.8, 4) is 11.1 Å². The van der Waals surface area contributed by atoms with Crippen molar-refractivity contribution in [1.82, 2.24) is 20.1 Å². The van der Waals surface area contributed by atoms with Gasteiger partial charge in [0.1, 0.15) is 0 Å². The Balaban J connectivity index is 1.36. The van der Waals surface area contributed by atoms with Crippen LogP contribution in [0.3, 0.4) is 0 Å². The van der Waals surface area contributed by atoms with Crippen LogP contribution in [-0.2, 0) is 23.1 Å². The molecule has 0 radical (unpaired) electrons. The standard InChI is InChI=1S/C22H23N5O2/c1-27-13-18(12-25-27)21-8-9-23-11-17(21)4-7-22(28)26-19-5-2-16(3-6-19)10-24-20-14-29-15-20/h2-9,11-13,20,24H,10,14-15H2,1H3,(H,26,28). The third kappa shape index (κ3) is 4.96. The monoisotopic (exact) mass is 389 g/mol. The minimum atomic E-state index is -0.191. The number of ether oxygens (including phenoxy) is 1. The van der Waals surface area contributed by atoms with Gasteiger partial charge in [-0.2, -0.15) is 5.10 Å². The number of hydrogen-bond acceptors (Lipinski definition) is 5. The molecule has 0 unspecified atom stereocenters. The van der Waals surface area contributed by atoms with Gasteiger partial charge in [-0.15, -0.1) is 0 Å². The van der Waals surface area contributed by atoms with Gasteiger partial charge in [-0.25, -0.2) is 0 Å². The van der Waals surface area contributed by atoms with Crippen molar-refractivity contribution >= 4 is 17.7 Å². The van der Waals surface area contributed by atoms with Gasteiger partial charge in [0.25, 0.3) is 0 Å². The maximum atomic E-state index is 12.3. The fourth-order valence-electron chi connectivity index (χ4n) is 3.03. The van der Waals surface area contributed by atoms with E-state index in [9.17, 15) is 4.79 Å². The summed E-state index contributed by atoms with van der Waals surface area (Å²) in [6.45, 7) is 2.35. The molecule has 1 aliphatic heterocycles. The molecule has 0 atom stereocenters. The second kappa shape index (κ2) is 8.81. The molecule has 1 aliphatic rings. The van der Waals surface area contributed by atoms with Gasteiger partial charge in [-0.05, 0) is 35.4 Å². The summed E-state index contributed by atoms with van der Waals surface area (Å²) in [4.78, 5) is 16.5. The summed E-state index contributed by atoms with van der Waals surface area (Å²) in [6.07, 6.45) is 10.5. The summed E-state index contributed by atoms with van der Waals surface area (Å²) in [5, 5.41) is 10.5. The molecule has 0 bridgehead atoms. The van der Waals surface area contributed by atoms with Crippen molar-refractivity contribution in [2.24, 2.45) is 7.05 Å². The molecule has 3 aromatic rings. The van der Waals surface area contributed by atoms with Crippen LogP contribution in [0.1, 0.15) is 11.1 Å². The molecule has 0 spiro atoms. The van der Waals surface area contributed by atoms with E-state index in [4.69, 9.17) is 4.74 Å². The first-order valence-corrected chi connectivity index (χ1v) is 9.49. The van der Waals surface area contributed by atoms with Crippen LogP contribution in [0.2, 0.25) is 0 Å². The Morgan fingerprint density at radius 1 is 1.24 bits per heavy atom. The molecule has 1 amide bonds. The molecule has 148 valence electrons. The second-order valence-electron chi connectivity index (χ2n) is 7.00. The molecule has 1 fully saturated rings. The van der Waals surface area contributed by atoms with E-state index in [1.807, 2.05) is 43.6 Å². The smallest absolute Gasteiger partial charge is 0.248 e. The Kier molecular flexibility index (Phi) is 5.79. The van der Waals surface area contributed by atoms with E-state index >= 15 is 0 Å². The number of pyridine rings is 1. The molecule has 29 heavy (non-hydrogen) atoms. The summed E-state index contributed by atoms with van der Waals surface area (Å²) in [5.74, 6) is -0.191. The van der Waals surface area contributed by atoms with Gasteiger partial charge < -0.3 is 15.4 Å². The van der Waals surface area contributed by atoms with Gasteiger partial charge in [0, 0.05) is 55.1 Å². The number of nitrogens with one attached hydrogen (secondary N) is 2. The quantitative estimate of drug-likeness (QED) is 0.607. The van der Waals surface area contributed by atoms with Crippen LogP contribution in [-0.4, -0.2) is 39.9 Å². The van der Waals surface area contributed by atoms with E-state index in [2.05, 4.69) is 20.7 Å². The molecule has 2 N–H and O–H groups in total. The van der Waals surface area contributed by atoms with E-state index in [1.165, 1.54) is 11.6 Å². The normalized spacial score (nSPS) is 14.1. The number of aryl methyl sites for hydroxylation is 1. The first-order chi connectivity index (χ1) is 14.2. The van der Waals surface area contributed by atoms with E-state index in [0.717, 1.165) is 42.1 Å². The van der Waals surface area contributed by atoms with Crippen LogP contribution >= 0.6 is 0 Å². The first kappa shape index (κ1) is 19.0. The largest absolute Gasteiger partial charge is 0.378 e. The molecular weight excluding hydrogens is 366 g/mol. The minimum Gasteiger partial charge on any atom is -0.378 e. The Bertz CT molecular complexity index is 1010. The number of nitrogens with zero attached hydrogens (tertiary/aromatic N) is 3. The maximum Gasteiger partial charge on any atom is 0.248 e. The Morgan fingerprint density at radius 2 is 2.07 bits per heavy atom. The van der Waals surface area contributed by atoms with Gasteiger partial charge in [0.2, 0.25) is 5.91 Å². The summed E-state index contributed by atoms with van der Waals surface area (Å²) in [5.41, 5.74) is 4.74. The molecule has 7 heteroatoms. The lowest BCUT2D eigenvalue weighted by Crippen LogP contribution is -2.45. The molecule has 3 heterocycles. The average molecular weight is 389 g/mol. The van der Waals surface area contributed by atoms with Crippen LogP contribution in [0.15, 0.2) is 61.2 Å². The van der Waals surface area contributed by atoms with E-state index in [1.54, 1.807) is 29.3 Å². The summed E-state index contributed by atoms with van der Waals surface area (Å²) < 4.78 is 6.90. The zero-order valence-corrected chi connectivity index (χ0v) is 16.2. The number of carbonyl (C=O) groups excluding carboxylic acids is 1. The van der Waals surface area contributed by atoms with Gasteiger partial charge >= 0.3 is 0 Å². The van der Waals surface area contributed by atoms with Crippen LogP contribution in [0.4, 0.5) is 5.69 Å². The van der Waals surface area contributed by atoms with Crippen molar-refractivity contribution in [2.45, 2.75) is 12.6 Å².